The normalized spacial score (nSPS) is 20.0. The highest BCUT2D eigenvalue weighted by Crippen LogP contribution is 2.41. The Bertz CT molecular complexity index is 682. The zero-order chi connectivity index (χ0) is 18.1. The molecule has 0 saturated carbocycles. The van der Waals surface area contributed by atoms with Crippen molar-refractivity contribution >= 4 is 23.3 Å². The van der Waals surface area contributed by atoms with Crippen LogP contribution >= 0.6 is 11.6 Å². The van der Waals surface area contributed by atoms with Gasteiger partial charge in [-0.25, -0.2) is 0 Å². The van der Waals surface area contributed by atoms with E-state index in [9.17, 15) is 13.2 Å². The van der Waals surface area contributed by atoms with Gasteiger partial charge in [0, 0.05) is 17.7 Å². The molecule has 0 aromatic heterocycles. The van der Waals surface area contributed by atoms with E-state index in [2.05, 4.69) is 9.98 Å². The van der Waals surface area contributed by atoms with Crippen molar-refractivity contribution in [2.75, 3.05) is 7.11 Å². The maximum atomic E-state index is 13.3. The highest BCUT2D eigenvalue weighted by Gasteiger charge is 2.39. The van der Waals surface area contributed by atoms with E-state index >= 15 is 0 Å². The first kappa shape index (κ1) is 18.8. The maximum Gasteiger partial charge on any atom is 0.413 e. The van der Waals surface area contributed by atoms with Crippen LogP contribution in [0.25, 0.3) is 0 Å². The number of nitrogens with zero attached hydrogens (tertiary/aromatic N) is 2. The average Bonchev–Trinajstić information content (AvgIpc) is 2.93. The standard InChI is InChI=1S/C17H20ClF3N2O/c1-9(2)12-7-11(8-13(12)17(19,20)21)14-6-5-10(3)15(18)23-16(22-14)24-4/h7,9H,5-6,8H2,1-4H3. The molecule has 0 unspecified atom stereocenters. The van der Waals surface area contributed by atoms with Gasteiger partial charge in [-0.1, -0.05) is 31.5 Å². The fraction of sp³-hybridized carbons (Fsp3) is 0.529. The number of allylic oxidation sites excluding steroid dienone is 5. The lowest BCUT2D eigenvalue weighted by atomic mass is 9.99. The highest BCUT2D eigenvalue weighted by molar-refractivity contribution is 6.30. The van der Waals surface area contributed by atoms with Crippen LogP contribution in [0, 0.1) is 5.92 Å². The van der Waals surface area contributed by atoms with E-state index in [0.29, 0.717) is 34.9 Å². The van der Waals surface area contributed by atoms with Gasteiger partial charge in [-0.3, -0.25) is 0 Å². The second kappa shape index (κ2) is 7.13. The van der Waals surface area contributed by atoms with Crippen LogP contribution < -0.4 is 0 Å². The average molecular weight is 361 g/mol. The van der Waals surface area contributed by atoms with E-state index in [4.69, 9.17) is 16.3 Å². The summed E-state index contributed by atoms with van der Waals surface area (Å²) in [5.41, 5.74) is 1.82. The third-order valence-electron chi connectivity index (χ3n) is 4.08. The van der Waals surface area contributed by atoms with E-state index in [1.165, 1.54) is 7.11 Å². The van der Waals surface area contributed by atoms with Gasteiger partial charge in [-0.2, -0.15) is 23.2 Å². The lowest BCUT2D eigenvalue weighted by Crippen LogP contribution is -2.15. The predicted molar refractivity (Wildman–Crippen MR) is 90.3 cm³/mol. The number of hydrogen-bond donors (Lipinski definition) is 0. The van der Waals surface area contributed by atoms with Crippen LogP contribution in [-0.2, 0) is 4.74 Å². The van der Waals surface area contributed by atoms with E-state index < -0.39 is 11.7 Å². The van der Waals surface area contributed by atoms with Crippen LogP contribution in [0.2, 0.25) is 0 Å². The van der Waals surface area contributed by atoms with E-state index in [1.807, 2.05) is 6.92 Å². The second-order valence-electron chi connectivity index (χ2n) is 6.16. The number of rotatable bonds is 2. The van der Waals surface area contributed by atoms with Crippen LogP contribution in [0.4, 0.5) is 13.2 Å². The van der Waals surface area contributed by atoms with Gasteiger partial charge in [0.25, 0.3) is 0 Å². The Morgan fingerprint density at radius 2 is 1.88 bits per heavy atom. The molecule has 7 heteroatoms. The van der Waals surface area contributed by atoms with Crippen molar-refractivity contribution in [3.63, 3.8) is 0 Å². The number of ether oxygens (including phenoxy) is 1. The van der Waals surface area contributed by atoms with Gasteiger partial charge in [-0.05, 0) is 42.4 Å². The first-order chi connectivity index (χ1) is 11.1. The molecule has 0 N–H and O–H groups in total. The van der Waals surface area contributed by atoms with Crippen molar-refractivity contribution < 1.29 is 17.9 Å². The van der Waals surface area contributed by atoms with Gasteiger partial charge < -0.3 is 4.74 Å². The van der Waals surface area contributed by atoms with Crippen molar-refractivity contribution in [2.45, 2.75) is 46.2 Å². The van der Waals surface area contributed by atoms with Crippen LogP contribution in [0.15, 0.2) is 43.5 Å². The van der Waals surface area contributed by atoms with Crippen LogP contribution in [0.3, 0.4) is 0 Å². The summed E-state index contributed by atoms with van der Waals surface area (Å²) in [5, 5.41) is 0.312. The molecule has 2 rings (SSSR count). The molecule has 2 aliphatic rings. The maximum absolute atomic E-state index is 13.3. The Morgan fingerprint density at radius 1 is 1.21 bits per heavy atom. The predicted octanol–water partition coefficient (Wildman–Crippen LogP) is 5.54. The second-order valence-corrected chi connectivity index (χ2v) is 6.52. The van der Waals surface area contributed by atoms with Crippen molar-refractivity contribution in [3.05, 3.63) is 33.5 Å². The number of methoxy groups -OCH3 is 1. The van der Waals surface area contributed by atoms with Crippen LogP contribution in [-0.4, -0.2) is 25.0 Å². The zero-order valence-corrected chi connectivity index (χ0v) is 14.8. The minimum absolute atomic E-state index is 0.0569. The minimum atomic E-state index is -4.34. The Morgan fingerprint density at radius 3 is 2.38 bits per heavy atom. The molecule has 0 aromatic carbocycles. The van der Waals surface area contributed by atoms with Crippen LogP contribution in [0.1, 0.15) is 40.0 Å². The smallest absolute Gasteiger partial charge is 0.413 e. The summed E-state index contributed by atoms with van der Waals surface area (Å²) in [6, 6.07) is 0.0569. The lowest BCUT2D eigenvalue weighted by molar-refractivity contribution is -0.0936. The van der Waals surface area contributed by atoms with Crippen LogP contribution in [0.5, 0.6) is 0 Å². The van der Waals surface area contributed by atoms with Gasteiger partial charge >= 0.3 is 12.2 Å². The van der Waals surface area contributed by atoms with Gasteiger partial charge in [0.15, 0.2) is 0 Å². The highest BCUT2D eigenvalue weighted by atomic mass is 35.5. The van der Waals surface area contributed by atoms with Crippen molar-refractivity contribution in [1.82, 2.24) is 0 Å². The lowest BCUT2D eigenvalue weighted by Gasteiger charge is -2.14. The fourth-order valence-electron chi connectivity index (χ4n) is 2.69. The van der Waals surface area contributed by atoms with Crippen molar-refractivity contribution in [2.24, 2.45) is 15.9 Å². The van der Waals surface area contributed by atoms with Gasteiger partial charge in [0.2, 0.25) is 0 Å². The summed E-state index contributed by atoms with van der Waals surface area (Å²) in [5.74, 6) is -0.208. The molecule has 0 aromatic rings. The summed E-state index contributed by atoms with van der Waals surface area (Å²) in [6.45, 7) is 5.36. The molecule has 1 aliphatic carbocycles. The molecule has 0 atom stereocenters. The van der Waals surface area contributed by atoms with Crippen molar-refractivity contribution in [3.8, 4) is 0 Å². The number of aliphatic imine (C=N–C) groups is 2. The number of halogens is 4. The Labute approximate surface area is 144 Å². The largest absolute Gasteiger partial charge is 0.467 e. The molecule has 0 radical (unpaired) electrons. The Hall–Kier alpha value is -1.56. The molecule has 1 heterocycles. The molecule has 0 bridgehead atoms. The summed E-state index contributed by atoms with van der Waals surface area (Å²) >= 11 is 6.04. The van der Waals surface area contributed by atoms with E-state index in [-0.39, 0.29) is 18.4 Å². The number of amidine groups is 1. The Balaban J connectivity index is 2.38. The van der Waals surface area contributed by atoms with E-state index in [1.54, 1.807) is 19.9 Å². The van der Waals surface area contributed by atoms with Gasteiger partial charge in [-0.15, -0.1) is 0 Å². The zero-order valence-electron chi connectivity index (χ0n) is 14.1. The van der Waals surface area contributed by atoms with Crippen molar-refractivity contribution in [1.29, 1.82) is 0 Å². The minimum Gasteiger partial charge on any atom is -0.467 e. The molecule has 3 nitrogen and oxygen atoms in total. The third kappa shape index (κ3) is 4.09. The molecule has 0 fully saturated rings. The molecular weight excluding hydrogens is 341 g/mol. The molecule has 1 aliphatic heterocycles. The monoisotopic (exact) mass is 360 g/mol. The van der Waals surface area contributed by atoms with Gasteiger partial charge in [0.1, 0.15) is 5.16 Å². The SMILES string of the molecule is COC1=NC(Cl)=C(C)CCC(C2=CC(C(C)C)=C(C(F)(F)F)C2)=N1. The first-order valence-electron chi connectivity index (χ1n) is 7.70. The summed E-state index contributed by atoms with van der Waals surface area (Å²) in [6.07, 6.45) is -1.80. The first-order valence-corrected chi connectivity index (χ1v) is 8.08. The van der Waals surface area contributed by atoms with E-state index in [0.717, 1.165) is 5.57 Å². The quantitative estimate of drug-likeness (QED) is 0.595. The molecule has 0 spiro atoms. The Kier molecular flexibility index (Phi) is 5.58. The molecule has 0 saturated heterocycles. The van der Waals surface area contributed by atoms with Gasteiger partial charge in [0.05, 0.1) is 7.11 Å². The summed E-state index contributed by atoms with van der Waals surface area (Å²) in [4.78, 5) is 8.36. The number of hydrogen-bond acceptors (Lipinski definition) is 3. The fourth-order valence-corrected chi connectivity index (χ4v) is 2.86. The molecule has 24 heavy (non-hydrogen) atoms. The third-order valence-corrected chi connectivity index (χ3v) is 4.48. The molecular formula is C17H20ClF3N2O. The molecule has 0 amide bonds. The summed E-state index contributed by atoms with van der Waals surface area (Å²) in [7, 11) is 1.41. The summed E-state index contributed by atoms with van der Waals surface area (Å²) < 4.78 is 45.0. The number of alkyl halides is 3. The topological polar surface area (TPSA) is 34.0 Å². The molecule has 132 valence electrons.